The molecule has 0 saturated heterocycles. The van der Waals surface area contributed by atoms with Gasteiger partial charge in [-0.2, -0.15) is 0 Å². The number of aromatic nitrogens is 1. The smallest absolute Gasteiger partial charge is 0.321 e. The largest absolute Gasteiger partial charge is 0.493 e. The van der Waals surface area contributed by atoms with Gasteiger partial charge in [-0.15, -0.1) is 0 Å². The van der Waals surface area contributed by atoms with E-state index in [-0.39, 0.29) is 6.03 Å². The zero-order valence-corrected chi connectivity index (χ0v) is 17.8. The van der Waals surface area contributed by atoms with Gasteiger partial charge in [0.05, 0.1) is 27.0 Å². The molecule has 0 bridgehead atoms. The normalized spacial score (nSPS) is 13.5. The summed E-state index contributed by atoms with van der Waals surface area (Å²) in [6, 6.07) is 9.79. The molecular formula is C23H27N3O4. The molecular weight excluding hydrogens is 382 g/mol. The number of H-pyrrole nitrogens is 1. The van der Waals surface area contributed by atoms with Crippen LogP contribution < -0.4 is 19.5 Å². The molecule has 30 heavy (non-hydrogen) atoms. The molecule has 2 N–H and O–H groups in total. The standard InChI is InChI=1S/C23H27N3O4/c1-14-5-6-18-17(11-14)16-7-9-26(10-8-19(16)25-18)23(27)24-15-12-20(28-2)22(30-4)21(13-15)29-3/h5-6,11-13,25H,7-10H2,1-4H3,(H,24,27). The highest BCUT2D eigenvalue weighted by Crippen LogP contribution is 2.40. The Bertz CT molecular complexity index is 1060. The molecule has 2 heterocycles. The highest BCUT2D eigenvalue weighted by Gasteiger charge is 2.22. The van der Waals surface area contributed by atoms with Gasteiger partial charge in [0.15, 0.2) is 11.5 Å². The van der Waals surface area contributed by atoms with Gasteiger partial charge >= 0.3 is 6.03 Å². The van der Waals surface area contributed by atoms with Crippen molar-refractivity contribution in [2.24, 2.45) is 0 Å². The van der Waals surface area contributed by atoms with Crippen LogP contribution in [0.3, 0.4) is 0 Å². The molecule has 7 heteroatoms. The second-order valence-electron chi connectivity index (χ2n) is 7.46. The average molecular weight is 409 g/mol. The molecule has 4 rings (SSSR count). The van der Waals surface area contributed by atoms with Crippen LogP contribution in [0.4, 0.5) is 10.5 Å². The number of carbonyl (C=O) groups is 1. The molecule has 158 valence electrons. The fourth-order valence-corrected chi connectivity index (χ4v) is 4.08. The predicted octanol–water partition coefficient (Wildman–Crippen LogP) is 4.13. The first-order valence-electron chi connectivity index (χ1n) is 10.00. The van der Waals surface area contributed by atoms with Gasteiger partial charge in [0.1, 0.15) is 0 Å². The molecule has 1 aliphatic rings. The number of aromatic amines is 1. The van der Waals surface area contributed by atoms with E-state index in [4.69, 9.17) is 14.2 Å². The van der Waals surface area contributed by atoms with Crippen molar-refractivity contribution in [1.82, 2.24) is 9.88 Å². The van der Waals surface area contributed by atoms with E-state index in [1.807, 2.05) is 4.90 Å². The van der Waals surface area contributed by atoms with E-state index in [0.717, 1.165) is 12.8 Å². The van der Waals surface area contributed by atoms with E-state index in [0.29, 0.717) is 36.0 Å². The Labute approximate surface area is 175 Å². The van der Waals surface area contributed by atoms with Crippen molar-refractivity contribution in [2.75, 3.05) is 39.7 Å². The maximum atomic E-state index is 13.0. The summed E-state index contributed by atoms with van der Waals surface area (Å²) in [5, 5.41) is 4.23. The van der Waals surface area contributed by atoms with E-state index in [9.17, 15) is 4.79 Å². The summed E-state index contributed by atoms with van der Waals surface area (Å²) < 4.78 is 16.1. The third-order valence-corrected chi connectivity index (χ3v) is 5.62. The molecule has 0 atom stereocenters. The summed E-state index contributed by atoms with van der Waals surface area (Å²) >= 11 is 0. The van der Waals surface area contributed by atoms with E-state index < -0.39 is 0 Å². The minimum atomic E-state index is -0.144. The van der Waals surface area contributed by atoms with E-state index in [2.05, 4.69) is 35.4 Å². The van der Waals surface area contributed by atoms with Gasteiger partial charge in [-0.05, 0) is 31.0 Å². The predicted molar refractivity (Wildman–Crippen MR) is 117 cm³/mol. The molecule has 3 aromatic rings. The number of urea groups is 1. The molecule has 1 aromatic heterocycles. The summed E-state index contributed by atoms with van der Waals surface area (Å²) in [7, 11) is 4.66. The van der Waals surface area contributed by atoms with Crippen molar-refractivity contribution in [3.63, 3.8) is 0 Å². The average Bonchev–Trinajstić information content (AvgIpc) is 2.95. The van der Waals surface area contributed by atoms with Crippen molar-refractivity contribution in [1.29, 1.82) is 0 Å². The molecule has 1 aliphatic heterocycles. The number of ether oxygens (including phenoxy) is 3. The number of carbonyl (C=O) groups excluding carboxylic acids is 1. The van der Waals surface area contributed by atoms with Gasteiger partial charge in [0.25, 0.3) is 0 Å². The van der Waals surface area contributed by atoms with Crippen LogP contribution in [0.25, 0.3) is 10.9 Å². The molecule has 2 aromatic carbocycles. The molecule has 2 amide bonds. The first-order chi connectivity index (χ1) is 14.5. The van der Waals surface area contributed by atoms with Crippen molar-refractivity contribution in [3.05, 3.63) is 47.2 Å². The topological polar surface area (TPSA) is 75.8 Å². The lowest BCUT2D eigenvalue weighted by Gasteiger charge is -2.22. The highest BCUT2D eigenvalue weighted by atomic mass is 16.5. The number of methoxy groups -OCH3 is 3. The number of hydrogen-bond donors (Lipinski definition) is 2. The van der Waals surface area contributed by atoms with Gasteiger partial charge in [0, 0.05) is 48.2 Å². The second kappa shape index (κ2) is 8.18. The molecule has 7 nitrogen and oxygen atoms in total. The number of nitrogens with zero attached hydrogens (tertiary/aromatic N) is 1. The zero-order valence-electron chi connectivity index (χ0n) is 17.8. The Hall–Kier alpha value is -3.35. The van der Waals surface area contributed by atoms with Crippen LogP contribution in [-0.2, 0) is 12.8 Å². The Morgan fingerprint density at radius 2 is 1.70 bits per heavy atom. The summed E-state index contributed by atoms with van der Waals surface area (Å²) in [4.78, 5) is 18.3. The van der Waals surface area contributed by atoms with E-state index in [1.54, 1.807) is 33.5 Å². The second-order valence-corrected chi connectivity index (χ2v) is 7.46. The number of hydrogen-bond acceptors (Lipinski definition) is 4. The van der Waals surface area contributed by atoms with Gasteiger partial charge < -0.3 is 29.4 Å². The number of benzene rings is 2. The maximum Gasteiger partial charge on any atom is 0.321 e. The van der Waals surface area contributed by atoms with Crippen molar-refractivity contribution >= 4 is 22.6 Å². The minimum absolute atomic E-state index is 0.144. The Morgan fingerprint density at radius 3 is 2.37 bits per heavy atom. The highest BCUT2D eigenvalue weighted by molar-refractivity contribution is 5.91. The number of nitrogens with one attached hydrogen (secondary N) is 2. The van der Waals surface area contributed by atoms with Crippen LogP contribution in [0.2, 0.25) is 0 Å². The van der Waals surface area contributed by atoms with Crippen LogP contribution in [0.15, 0.2) is 30.3 Å². The van der Waals surface area contributed by atoms with Crippen LogP contribution in [0.5, 0.6) is 17.2 Å². The van der Waals surface area contributed by atoms with Gasteiger partial charge in [0.2, 0.25) is 5.75 Å². The fraction of sp³-hybridized carbons (Fsp3) is 0.348. The van der Waals surface area contributed by atoms with Crippen LogP contribution in [0.1, 0.15) is 16.8 Å². The summed E-state index contributed by atoms with van der Waals surface area (Å²) in [5.74, 6) is 1.49. The first kappa shape index (κ1) is 19.9. The number of amides is 2. The van der Waals surface area contributed by atoms with Crippen LogP contribution in [-0.4, -0.2) is 50.3 Å². The Morgan fingerprint density at radius 1 is 1.00 bits per heavy atom. The lowest BCUT2D eigenvalue weighted by atomic mass is 10.1. The lowest BCUT2D eigenvalue weighted by Crippen LogP contribution is -2.36. The number of aryl methyl sites for hydroxylation is 1. The fourth-order valence-electron chi connectivity index (χ4n) is 4.08. The lowest BCUT2D eigenvalue weighted by molar-refractivity contribution is 0.214. The summed E-state index contributed by atoms with van der Waals surface area (Å²) in [6.45, 7) is 3.41. The van der Waals surface area contributed by atoms with Gasteiger partial charge in [-0.25, -0.2) is 4.79 Å². The summed E-state index contributed by atoms with van der Waals surface area (Å²) in [5.41, 5.74) is 5.54. The monoisotopic (exact) mass is 409 g/mol. The zero-order chi connectivity index (χ0) is 21.3. The minimum Gasteiger partial charge on any atom is -0.493 e. The number of fused-ring (bicyclic) bond motifs is 3. The van der Waals surface area contributed by atoms with E-state index >= 15 is 0 Å². The molecule has 0 unspecified atom stereocenters. The third-order valence-electron chi connectivity index (χ3n) is 5.62. The molecule has 0 radical (unpaired) electrons. The number of rotatable bonds is 4. The first-order valence-corrected chi connectivity index (χ1v) is 10.00. The maximum absolute atomic E-state index is 13.0. The van der Waals surface area contributed by atoms with Crippen molar-refractivity contribution in [3.8, 4) is 17.2 Å². The molecule has 0 saturated carbocycles. The third kappa shape index (κ3) is 3.63. The van der Waals surface area contributed by atoms with Crippen molar-refractivity contribution in [2.45, 2.75) is 19.8 Å². The van der Waals surface area contributed by atoms with Crippen LogP contribution >= 0.6 is 0 Å². The van der Waals surface area contributed by atoms with Gasteiger partial charge in [-0.3, -0.25) is 0 Å². The van der Waals surface area contributed by atoms with E-state index in [1.165, 1.54) is 27.7 Å². The number of anilines is 1. The Balaban J connectivity index is 1.51. The summed E-state index contributed by atoms with van der Waals surface area (Å²) in [6.07, 6.45) is 1.62. The van der Waals surface area contributed by atoms with Crippen LogP contribution in [0, 0.1) is 6.92 Å². The quantitative estimate of drug-likeness (QED) is 0.679. The SMILES string of the molecule is COc1cc(NC(=O)N2CCc3[nH]c4ccc(C)cc4c3CC2)cc(OC)c1OC. The molecule has 0 spiro atoms. The molecule has 0 fully saturated rings. The molecule has 0 aliphatic carbocycles. The van der Waals surface area contributed by atoms with Crippen molar-refractivity contribution < 1.29 is 19.0 Å². The Kier molecular flexibility index (Phi) is 5.44. The van der Waals surface area contributed by atoms with Gasteiger partial charge in [-0.1, -0.05) is 11.6 Å².